The minimum absolute atomic E-state index is 0.192. The molecule has 0 aromatic carbocycles. The van der Waals surface area contributed by atoms with E-state index in [-0.39, 0.29) is 18.4 Å². The second-order valence-electron chi connectivity index (χ2n) is 8.40. The van der Waals surface area contributed by atoms with Crippen LogP contribution < -0.4 is 22.1 Å². The number of likely N-dealkylation sites (tertiary alicyclic amines) is 1. The number of carboxylic acids is 1. The molecule has 0 radical (unpaired) electrons. The lowest BCUT2D eigenvalue weighted by molar-refractivity contribution is -0.146. The van der Waals surface area contributed by atoms with Gasteiger partial charge in [-0.05, 0) is 24.7 Å². The SMILES string of the molecule is CCC(C)C(NC(=O)C1CCCN1C(=O)C(CC(N)=O)NC(=O)C(N)C(C)C)C(=O)O. The molecule has 11 nitrogen and oxygen atoms in total. The summed E-state index contributed by atoms with van der Waals surface area (Å²) >= 11 is 0. The van der Waals surface area contributed by atoms with Crippen LogP contribution in [0.25, 0.3) is 0 Å². The van der Waals surface area contributed by atoms with Crippen molar-refractivity contribution in [1.82, 2.24) is 15.5 Å². The third-order valence-corrected chi connectivity index (χ3v) is 5.66. The first-order valence-electron chi connectivity index (χ1n) is 10.6. The summed E-state index contributed by atoms with van der Waals surface area (Å²) in [5.74, 6) is -4.25. The molecular formula is C20H35N5O6. The lowest BCUT2D eigenvalue weighted by atomic mass is 9.98. The van der Waals surface area contributed by atoms with Crippen LogP contribution in [0.15, 0.2) is 0 Å². The molecule has 1 saturated heterocycles. The highest BCUT2D eigenvalue weighted by Gasteiger charge is 2.40. The summed E-state index contributed by atoms with van der Waals surface area (Å²) < 4.78 is 0. The molecule has 0 bridgehead atoms. The number of aliphatic carboxylic acids is 1. The molecular weight excluding hydrogens is 406 g/mol. The van der Waals surface area contributed by atoms with Gasteiger partial charge >= 0.3 is 5.97 Å². The van der Waals surface area contributed by atoms with Gasteiger partial charge in [-0.2, -0.15) is 0 Å². The van der Waals surface area contributed by atoms with Crippen molar-refractivity contribution in [3.63, 3.8) is 0 Å². The van der Waals surface area contributed by atoms with Crippen LogP contribution in [0.4, 0.5) is 0 Å². The molecule has 7 N–H and O–H groups in total. The number of nitrogens with one attached hydrogen (secondary N) is 2. The molecule has 176 valence electrons. The number of carboxylic acid groups (broad SMARTS) is 1. The number of amides is 4. The highest BCUT2D eigenvalue weighted by molar-refractivity contribution is 5.96. The molecule has 1 aliphatic rings. The summed E-state index contributed by atoms with van der Waals surface area (Å²) in [6.07, 6.45) is 0.971. The fourth-order valence-electron chi connectivity index (χ4n) is 3.41. The first-order valence-corrected chi connectivity index (χ1v) is 10.6. The van der Waals surface area contributed by atoms with E-state index in [1.54, 1.807) is 20.8 Å². The minimum Gasteiger partial charge on any atom is -0.480 e. The van der Waals surface area contributed by atoms with Gasteiger partial charge in [-0.25, -0.2) is 4.79 Å². The molecule has 5 unspecified atom stereocenters. The van der Waals surface area contributed by atoms with Gasteiger partial charge < -0.3 is 32.1 Å². The van der Waals surface area contributed by atoms with Crippen LogP contribution >= 0.6 is 0 Å². The van der Waals surface area contributed by atoms with Crippen LogP contribution in [0, 0.1) is 11.8 Å². The Hall–Kier alpha value is -2.69. The van der Waals surface area contributed by atoms with Gasteiger partial charge in [0.1, 0.15) is 18.1 Å². The molecule has 1 rings (SSSR count). The first-order chi connectivity index (χ1) is 14.4. The molecule has 0 aliphatic carbocycles. The zero-order valence-electron chi connectivity index (χ0n) is 18.6. The number of carbonyl (C=O) groups excluding carboxylic acids is 4. The largest absolute Gasteiger partial charge is 0.480 e. The Morgan fingerprint density at radius 3 is 2.23 bits per heavy atom. The minimum atomic E-state index is -1.26. The Morgan fingerprint density at radius 1 is 1.13 bits per heavy atom. The molecule has 31 heavy (non-hydrogen) atoms. The molecule has 5 atom stereocenters. The fourth-order valence-corrected chi connectivity index (χ4v) is 3.41. The number of rotatable bonds is 11. The Balaban J connectivity index is 3.00. The summed E-state index contributed by atoms with van der Waals surface area (Å²) in [6.45, 7) is 7.25. The second kappa shape index (κ2) is 11.6. The maximum Gasteiger partial charge on any atom is 0.326 e. The van der Waals surface area contributed by atoms with Crippen LogP contribution in [-0.4, -0.2) is 70.3 Å². The van der Waals surface area contributed by atoms with E-state index in [4.69, 9.17) is 11.5 Å². The van der Waals surface area contributed by atoms with E-state index in [9.17, 15) is 29.1 Å². The van der Waals surface area contributed by atoms with Gasteiger partial charge in [0.15, 0.2) is 0 Å². The molecule has 0 spiro atoms. The number of nitrogens with zero attached hydrogens (tertiary/aromatic N) is 1. The zero-order valence-corrected chi connectivity index (χ0v) is 18.6. The van der Waals surface area contributed by atoms with Crippen LogP contribution in [0.5, 0.6) is 0 Å². The number of primary amides is 1. The van der Waals surface area contributed by atoms with Gasteiger partial charge in [0.25, 0.3) is 0 Å². The normalized spacial score (nSPS) is 19.9. The van der Waals surface area contributed by atoms with E-state index in [2.05, 4.69) is 10.6 Å². The lowest BCUT2D eigenvalue weighted by Crippen LogP contribution is -2.58. The van der Waals surface area contributed by atoms with Crippen molar-refractivity contribution in [3.8, 4) is 0 Å². The highest BCUT2D eigenvalue weighted by atomic mass is 16.4. The van der Waals surface area contributed by atoms with Crippen molar-refractivity contribution in [3.05, 3.63) is 0 Å². The van der Waals surface area contributed by atoms with Gasteiger partial charge in [0, 0.05) is 6.54 Å². The van der Waals surface area contributed by atoms with Gasteiger partial charge in [-0.1, -0.05) is 34.1 Å². The molecule has 0 aromatic rings. The predicted octanol–water partition coefficient (Wildman–Crippen LogP) is -1.06. The molecule has 1 fully saturated rings. The molecule has 11 heteroatoms. The van der Waals surface area contributed by atoms with Gasteiger partial charge in [-0.15, -0.1) is 0 Å². The van der Waals surface area contributed by atoms with Crippen LogP contribution in [0.1, 0.15) is 53.4 Å². The summed E-state index contributed by atoms with van der Waals surface area (Å²) in [5.41, 5.74) is 11.1. The Labute approximate surface area is 182 Å². The average Bonchev–Trinajstić information content (AvgIpc) is 3.18. The van der Waals surface area contributed by atoms with Crippen LogP contribution in [-0.2, 0) is 24.0 Å². The molecule has 0 aromatic heterocycles. The average molecular weight is 442 g/mol. The van der Waals surface area contributed by atoms with Crippen molar-refractivity contribution in [2.75, 3.05) is 6.54 Å². The van der Waals surface area contributed by atoms with Crippen molar-refractivity contribution in [2.24, 2.45) is 23.3 Å². The maximum atomic E-state index is 13.1. The van der Waals surface area contributed by atoms with E-state index >= 15 is 0 Å². The third-order valence-electron chi connectivity index (χ3n) is 5.66. The Bertz CT molecular complexity index is 698. The van der Waals surface area contributed by atoms with Gasteiger partial charge in [-0.3, -0.25) is 19.2 Å². The van der Waals surface area contributed by atoms with E-state index in [0.717, 1.165) is 0 Å². The number of nitrogens with two attached hydrogens (primary N) is 2. The second-order valence-corrected chi connectivity index (χ2v) is 8.40. The standard InChI is InChI=1S/C20H35N5O6/c1-5-11(4)16(20(30)31)24-17(27)13-7-6-8-25(13)19(29)12(9-14(21)26)23-18(28)15(22)10(2)3/h10-13,15-16H,5-9,22H2,1-4H3,(H2,21,26)(H,23,28)(H,24,27)(H,30,31). The third kappa shape index (κ3) is 7.20. The van der Waals surface area contributed by atoms with Crippen LogP contribution in [0.3, 0.4) is 0 Å². The smallest absolute Gasteiger partial charge is 0.326 e. The van der Waals surface area contributed by atoms with E-state index in [0.29, 0.717) is 19.3 Å². The molecule has 1 heterocycles. The monoisotopic (exact) mass is 441 g/mol. The van der Waals surface area contributed by atoms with E-state index < -0.39 is 60.2 Å². The highest BCUT2D eigenvalue weighted by Crippen LogP contribution is 2.20. The number of hydrogen-bond acceptors (Lipinski definition) is 6. The maximum absolute atomic E-state index is 13.1. The molecule has 4 amide bonds. The summed E-state index contributed by atoms with van der Waals surface area (Å²) in [4.78, 5) is 62.5. The van der Waals surface area contributed by atoms with Gasteiger partial charge in [0.05, 0.1) is 12.5 Å². The van der Waals surface area contributed by atoms with E-state index in [1.165, 1.54) is 4.90 Å². The van der Waals surface area contributed by atoms with Crippen molar-refractivity contribution < 1.29 is 29.1 Å². The quantitative estimate of drug-likeness (QED) is 0.270. The van der Waals surface area contributed by atoms with E-state index in [1.807, 2.05) is 6.92 Å². The number of carbonyl (C=O) groups is 5. The zero-order chi connectivity index (χ0) is 23.9. The summed E-state index contributed by atoms with van der Waals surface area (Å²) in [6, 6.07) is -4.12. The summed E-state index contributed by atoms with van der Waals surface area (Å²) in [5, 5.41) is 14.4. The van der Waals surface area contributed by atoms with Crippen LogP contribution in [0.2, 0.25) is 0 Å². The predicted molar refractivity (Wildman–Crippen MR) is 112 cm³/mol. The summed E-state index contributed by atoms with van der Waals surface area (Å²) in [7, 11) is 0. The van der Waals surface area contributed by atoms with Crippen molar-refractivity contribution in [1.29, 1.82) is 0 Å². The lowest BCUT2D eigenvalue weighted by Gasteiger charge is -2.30. The first kappa shape index (κ1) is 26.3. The Kier molecular flexibility index (Phi) is 9.89. The number of hydrogen-bond donors (Lipinski definition) is 5. The van der Waals surface area contributed by atoms with Gasteiger partial charge in [0.2, 0.25) is 23.6 Å². The Morgan fingerprint density at radius 2 is 1.74 bits per heavy atom. The fraction of sp³-hybridized carbons (Fsp3) is 0.750. The molecule has 1 aliphatic heterocycles. The topological polar surface area (TPSA) is 185 Å². The van der Waals surface area contributed by atoms with Crippen molar-refractivity contribution >= 4 is 29.6 Å². The van der Waals surface area contributed by atoms with Crippen molar-refractivity contribution in [2.45, 2.75) is 77.5 Å². The molecule has 0 saturated carbocycles.